The molecule has 0 radical (unpaired) electrons. The quantitative estimate of drug-likeness (QED) is 0.156. The normalized spacial score (nSPS) is 16.5. The van der Waals surface area contributed by atoms with Crippen LogP contribution in [0.25, 0.3) is 0 Å². The van der Waals surface area contributed by atoms with Gasteiger partial charge < -0.3 is 19.8 Å². The summed E-state index contributed by atoms with van der Waals surface area (Å²) in [5.41, 5.74) is 5.60. The highest BCUT2D eigenvalue weighted by molar-refractivity contribution is 5.98. The number of carbonyl (C=O) groups excluding carboxylic acids is 2. The number of carboxylic acids is 1. The fourth-order valence-electron chi connectivity index (χ4n) is 6.50. The largest absolute Gasteiger partial charge is 0.480 e. The number of carbonyl (C=O) groups is 3. The zero-order valence-corrected chi connectivity index (χ0v) is 26.9. The number of urea groups is 1. The van der Waals surface area contributed by atoms with Gasteiger partial charge in [-0.25, -0.2) is 9.59 Å². The van der Waals surface area contributed by atoms with Crippen molar-refractivity contribution in [2.75, 3.05) is 0 Å². The SMILES string of the molecule is Cc1ccc(CC(c2ccccc2)N(Cc2ccccc2)C(=O)[C@@H]2[C@H](C(=O)O)N(Cc3ccccc3)C(=O)N2Cc2ccccc2)cc1. The molecular weight excluding hydrogens is 598 g/mol. The fraction of sp³-hybridized carbons (Fsp3) is 0.195. The molecule has 48 heavy (non-hydrogen) atoms. The van der Waals surface area contributed by atoms with Gasteiger partial charge >= 0.3 is 12.0 Å². The van der Waals surface area contributed by atoms with Crippen LogP contribution in [0.1, 0.15) is 39.4 Å². The first kappa shape index (κ1) is 32.3. The molecule has 1 fully saturated rings. The van der Waals surface area contributed by atoms with Gasteiger partial charge in [0, 0.05) is 19.6 Å². The Morgan fingerprint density at radius 2 is 1.08 bits per heavy atom. The van der Waals surface area contributed by atoms with Gasteiger partial charge in [0.25, 0.3) is 0 Å². The van der Waals surface area contributed by atoms with Gasteiger partial charge in [-0.2, -0.15) is 0 Å². The molecule has 0 spiro atoms. The standard InChI is InChI=1S/C41H39N3O4/c1-30-22-24-31(25-23-30)26-36(35-20-12-5-13-21-35)42(27-32-14-6-2-7-15-32)39(45)37-38(40(46)47)44(29-34-18-10-4-11-19-34)41(48)43(37)28-33-16-8-3-9-17-33/h2-25,36-38H,26-29H2,1H3,(H,46,47)/t36?,37-,38+/m0/s1. The first-order valence-corrected chi connectivity index (χ1v) is 16.2. The van der Waals surface area contributed by atoms with Crippen LogP contribution < -0.4 is 0 Å². The molecular formula is C41H39N3O4. The zero-order chi connectivity index (χ0) is 33.5. The van der Waals surface area contributed by atoms with E-state index in [1.807, 2.05) is 128 Å². The Morgan fingerprint density at radius 3 is 1.58 bits per heavy atom. The molecule has 0 aromatic heterocycles. The molecule has 1 saturated heterocycles. The number of aliphatic carboxylic acids is 1. The molecule has 3 amide bonds. The summed E-state index contributed by atoms with van der Waals surface area (Å²) in [6, 6.07) is 42.9. The second-order valence-corrected chi connectivity index (χ2v) is 12.3. The number of rotatable bonds is 12. The van der Waals surface area contributed by atoms with E-state index < -0.39 is 36.0 Å². The molecule has 5 aromatic rings. The lowest BCUT2D eigenvalue weighted by atomic mass is 9.94. The number of carboxylic acid groups (broad SMARTS) is 1. The molecule has 1 N–H and O–H groups in total. The van der Waals surface area contributed by atoms with Crippen molar-refractivity contribution >= 4 is 17.9 Å². The Kier molecular flexibility index (Phi) is 9.96. The number of benzene rings is 5. The van der Waals surface area contributed by atoms with Crippen molar-refractivity contribution in [3.63, 3.8) is 0 Å². The van der Waals surface area contributed by atoms with E-state index in [4.69, 9.17) is 0 Å². The summed E-state index contributed by atoms with van der Waals surface area (Å²) in [6.45, 7) is 2.43. The highest BCUT2D eigenvalue weighted by Crippen LogP contribution is 2.34. The average molecular weight is 638 g/mol. The summed E-state index contributed by atoms with van der Waals surface area (Å²) < 4.78 is 0. The van der Waals surface area contributed by atoms with Crippen LogP contribution in [0, 0.1) is 6.92 Å². The highest BCUT2D eigenvalue weighted by Gasteiger charge is 2.54. The van der Waals surface area contributed by atoms with E-state index in [-0.39, 0.29) is 19.6 Å². The van der Waals surface area contributed by atoms with Gasteiger partial charge in [0.1, 0.15) is 6.04 Å². The smallest absolute Gasteiger partial charge is 0.329 e. The minimum atomic E-state index is -1.40. The van der Waals surface area contributed by atoms with Crippen molar-refractivity contribution in [1.29, 1.82) is 0 Å². The third-order valence-electron chi connectivity index (χ3n) is 8.95. The maximum atomic E-state index is 15.3. The first-order valence-electron chi connectivity index (χ1n) is 16.2. The predicted octanol–water partition coefficient (Wildman–Crippen LogP) is 7.27. The van der Waals surface area contributed by atoms with Gasteiger partial charge in [0.2, 0.25) is 5.91 Å². The van der Waals surface area contributed by atoms with Crippen molar-refractivity contribution in [3.05, 3.63) is 179 Å². The van der Waals surface area contributed by atoms with Crippen molar-refractivity contribution < 1.29 is 19.5 Å². The summed E-state index contributed by atoms with van der Waals surface area (Å²) in [5.74, 6) is -1.63. The maximum Gasteiger partial charge on any atom is 0.329 e. The third-order valence-corrected chi connectivity index (χ3v) is 8.95. The number of amides is 3. The lowest BCUT2D eigenvalue weighted by molar-refractivity contribution is -0.149. The average Bonchev–Trinajstić information content (AvgIpc) is 3.38. The van der Waals surface area contributed by atoms with Crippen molar-refractivity contribution in [1.82, 2.24) is 14.7 Å². The lowest BCUT2D eigenvalue weighted by Crippen LogP contribution is -2.54. The Labute approximate surface area is 281 Å². The monoisotopic (exact) mass is 637 g/mol. The van der Waals surface area contributed by atoms with E-state index >= 15 is 4.79 Å². The molecule has 7 nitrogen and oxygen atoms in total. The molecule has 5 aromatic carbocycles. The number of hydrogen-bond donors (Lipinski definition) is 1. The Hall–Kier alpha value is -5.69. The molecule has 1 heterocycles. The van der Waals surface area contributed by atoms with E-state index in [1.54, 1.807) is 4.90 Å². The van der Waals surface area contributed by atoms with Crippen molar-refractivity contribution in [2.45, 2.75) is 51.1 Å². The van der Waals surface area contributed by atoms with Crippen LogP contribution in [0.2, 0.25) is 0 Å². The Morgan fingerprint density at radius 1 is 0.625 bits per heavy atom. The van der Waals surface area contributed by atoms with Gasteiger partial charge in [-0.3, -0.25) is 4.79 Å². The van der Waals surface area contributed by atoms with Crippen molar-refractivity contribution in [2.24, 2.45) is 0 Å². The van der Waals surface area contributed by atoms with E-state index in [1.165, 1.54) is 9.80 Å². The van der Waals surface area contributed by atoms with Crippen LogP contribution in [0.3, 0.4) is 0 Å². The molecule has 1 unspecified atom stereocenters. The fourth-order valence-corrected chi connectivity index (χ4v) is 6.50. The first-order chi connectivity index (χ1) is 23.4. The van der Waals surface area contributed by atoms with E-state index in [9.17, 15) is 14.7 Å². The lowest BCUT2D eigenvalue weighted by Gasteiger charge is -2.37. The number of hydrogen-bond acceptors (Lipinski definition) is 3. The maximum absolute atomic E-state index is 15.3. The van der Waals surface area contributed by atoms with Crippen LogP contribution in [0.5, 0.6) is 0 Å². The Balaban J connectivity index is 1.47. The third kappa shape index (κ3) is 7.31. The molecule has 1 aliphatic heterocycles. The summed E-state index contributed by atoms with van der Waals surface area (Å²) >= 11 is 0. The summed E-state index contributed by atoms with van der Waals surface area (Å²) in [4.78, 5) is 47.4. The molecule has 242 valence electrons. The topological polar surface area (TPSA) is 81.2 Å². The molecule has 0 saturated carbocycles. The van der Waals surface area contributed by atoms with Crippen LogP contribution in [-0.2, 0) is 35.6 Å². The van der Waals surface area contributed by atoms with Gasteiger partial charge in [-0.15, -0.1) is 0 Å². The highest BCUT2D eigenvalue weighted by atomic mass is 16.4. The number of aryl methyl sites for hydroxylation is 1. The molecule has 0 aliphatic carbocycles. The molecule has 6 rings (SSSR count). The second-order valence-electron chi connectivity index (χ2n) is 12.3. The van der Waals surface area contributed by atoms with Crippen molar-refractivity contribution in [3.8, 4) is 0 Å². The Bertz CT molecular complexity index is 1820. The van der Waals surface area contributed by atoms with Crippen LogP contribution in [-0.4, -0.2) is 49.8 Å². The van der Waals surface area contributed by atoms with E-state index in [0.29, 0.717) is 6.42 Å². The van der Waals surface area contributed by atoms with Crippen LogP contribution in [0.4, 0.5) is 4.79 Å². The van der Waals surface area contributed by atoms with Crippen LogP contribution >= 0.6 is 0 Å². The zero-order valence-electron chi connectivity index (χ0n) is 26.9. The summed E-state index contributed by atoms with van der Waals surface area (Å²) in [6.07, 6.45) is 0.508. The summed E-state index contributed by atoms with van der Waals surface area (Å²) in [5, 5.41) is 10.8. The van der Waals surface area contributed by atoms with Gasteiger partial charge in [-0.05, 0) is 41.2 Å². The van der Waals surface area contributed by atoms with Gasteiger partial charge in [-0.1, -0.05) is 151 Å². The van der Waals surface area contributed by atoms with E-state index in [2.05, 4.69) is 24.3 Å². The molecule has 7 heteroatoms. The molecule has 3 atom stereocenters. The predicted molar refractivity (Wildman–Crippen MR) is 186 cm³/mol. The minimum absolute atomic E-state index is 0.0654. The van der Waals surface area contributed by atoms with Gasteiger partial charge in [0.15, 0.2) is 6.04 Å². The molecule has 0 bridgehead atoms. The summed E-state index contributed by atoms with van der Waals surface area (Å²) in [7, 11) is 0. The number of nitrogens with zero attached hydrogens (tertiary/aromatic N) is 3. The molecule has 1 aliphatic rings. The van der Waals surface area contributed by atoms with Crippen LogP contribution in [0.15, 0.2) is 146 Å². The second kappa shape index (κ2) is 14.8. The van der Waals surface area contributed by atoms with E-state index in [0.717, 1.165) is 33.4 Å². The minimum Gasteiger partial charge on any atom is -0.480 e. The van der Waals surface area contributed by atoms with Gasteiger partial charge in [0.05, 0.1) is 6.04 Å².